The number of hydrogen-bond donors (Lipinski definition) is 0. The normalized spacial score (nSPS) is 12.2. The number of rotatable bonds is 7. The quantitative estimate of drug-likeness (QED) is 0.481. The largest absolute Gasteiger partial charge is 0.135 e. The molecule has 0 aromatic rings. The molecule has 1 radical (unpaired) electrons. The van der Waals surface area contributed by atoms with Gasteiger partial charge in [0.1, 0.15) is 0 Å². The SMILES string of the molecule is CCCCCCCCC(C)P.[Y]. The Morgan fingerprint density at radius 2 is 1.50 bits per heavy atom. The minimum atomic E-state index is 0. The van der Waals surface area contributed by atoms with Crippen molar-refractivity contribution in [1.82, 2.24) is 0 Å². The smallest absolute Gasteiger partial charge is 0 e. The van der Waals surface area contributed by atoms with E-state index in [1.807, 2.05) is 0 Å². The van der Waals surface area contributed by atoms with Gasteiger partial charge in [-0.3, -0.25) is 0 Å². The Labute approximate surface area is 106 Å². The molecular weight excluding hydrogens is 240 g/mol. The van der Waals surface area contributed by atoms with E-state index in [4.69, 9.17) is 0 Å². The van der Waals surface area contributed by atoms with Crippen LogP contribution in [0.5, 0.6) is 0 Å². The Kier molecular flexibility index (Phi) is 16.7. The van der Waals surface area contributed by atoms with Crippen molar-refractivity contribution in [2.45, 2.75) is 64.5 Å². The zero-order valence-electron chi connectivity index (χ0n) is 8.68. The molecule has 0 bridgehead atoms. The third-order valence-electron chi connectivity index (χ3n) is 2.01. The Hall–Kier alpha value is 1.53. The summed E-state index contributed by atoms with van der Waals surface area (Å²) < 4.78 is 0. The Bertz CT molecular complexity index is 74.2. The maximum Gasteiger partial charge on any atom is 0 e. The van der Waals surface area contributed by atoms with Gasteiger partial charge in [0.25, 0.3) is 0 Å². The third-order valence-corrected chi connectivity index (χ3v) is 2.35. The minimum Gasteiger partial charge on any atom is -0.135 e. The fourth-order valence-corrected chi connectivity index (χ4v) is 1.48. The van der Waals surface area contributed by atoms with Crippen LogP contribution in [-0.4, -0.2) is 5.66 Å². The summed E-state index contributed by atoms with van der Waals surface area (Å²) in [6.07, 6.45) is 9.94. The summed E-state index contributed by atoms with van der Waals surface area (Å²) in [4.78, 5) is 0. The van der Waals surface area contributed by atoms with Crippen LogP contribution in [-0.2, 0) is 32.7 Å². The first-order valence-corrected chi connectivity index (χ1v) is 5.69. The summed E-state index contributed by atoms with van der Waals surface area (Å²) >= 11 is 0. The van der Waals surface area contributed by atoms with Crippen LogP contribution in [0.15, 0.2) is 0 Å². The molecule has 71 valence electrons. The molecule has 0 rings (SSSR count). The zero-order chi connectivity index (χ0) is 8.53. The van der Waals surface area contributed by atoms with Crippen LogP contribution < -0.4 is 0 Å². The van der Waals surface area contributed by atoms with Crippen molar-refractivity contribution >= 4 is 9.24 Å². The van der Waals surface area contributed by atoms with Gasteiger partial charge in [-0.1, -0.05) is 52.4 Å². The second kappa shape index (κ2) is 12.5. The van der Waals surface area contributed by atoms with E-state index in [0.717, 1.165) is 5.66 Å². The summed E-state index contributed by atoms with van der Waals surface area (Å²) in [6, 6.07) is 0. The van der Waals surface area contributed by atoms with Crippen molar-refractivity contribution in [3.05, 3.63) is 0 Å². The molecule has 0 aliphatic rings. The molecule has 12 heavy (non-hydrogen) atoms. The second-order valence-electron chi connectivity index (χ2n) is 3.53. The molecule has 0 fully saturated rings. The van der Waals surface area contributed by atoms with E-state index in [0.29, 0.717) is 0 Å². The van der Waals surface area contributed by atoms with Gasteiger partial charge in [-0.25, -0.2) is 0 Å². The van der Waals surface area contributed by atoms with E-state index in [1.165, 1.54) is 44.9 Å². The van der Waals surface area contributed by atoms with Gasteiger partial charge in [-0.15, -0.1) is 9.24 Å². The number of unbranched alkanes of at least 4 members (excludes halogenated alkanes) is 5. The van der Waals surface area contributed by atoms with Crippen LogP contribution >= 0.6 is 9.24 Å². The summed E-state index contributed by atoms with van der Waals surface area (Å²) in [5.74, 6) is 0. The van der Waals surface area contributed by atoms with Crippen molar-refractivity contribution < 1.29 is 32.7 Å². The molecule has 0 saturated carbocycles. The molecule has 0 amide bonds. The first-order chi connectivity index (χ1) is 5.27. The van der Waals surface area contributed by atoms with E-state index < -0.39 is 0 Å². The Morgan fingerprint density at radius 1 is 1.00 bits per heavy atom. The number of hydrogen-bond acceptors (Lipinski definition) is 0. The molecule has 2 heteroatoms. The maximum atomic E-state index is 2.87. The fourth-order valence-electron chi connectivity index (χ4n) is 1.25. The molecule has 0 aliphatic carbocycles. The van der Waals surface area contributed by atoms with E-state index in [1.54, 1.807) is 0 Å². The van der Waals surface area contributed by atoms with Crippen LogP contribution in [0, 0.1) is 0 Å². The van der Waals surface area contributed by atoms with Gasteiger partial charge >= 0.3 is 0 Å². The van der Waals surface area contributed by atoms with Gasteiger partial charge in [-0.05, 0) is 12.1 Å². The van der Waals surface area contributed by atoms with E-state index in [9.17, 15) is 0 Å². The third kappa shape index (κ3) is 14.1. The second-order valence-corrected chi connectivity index (χ2v) is 4.67. The summed E-state index contributed by atoms with van der Waals surface area (Å²) in [5, 5.41) is 0. The summed E-state index contributed by atoms with van der Waals surface area (Å²) in [6.45, 7) is 4.54. The predicted octanol–water partition coefficient (Wildman–Crippen LogP) is 4.00. The standard InChI is InChI=1S/C10H23P.Y/c1-3-4-5-6-7-8-9-10(2)11;/h10H,3-9,11H2,1-2H3;. The molecule has 0 aromatic heterocycles. The fraction of sp³-hybridized carbons (Fsp3) is 1.00. The monoisotopic (exact) mass is 263 g/mol. The van der Waals surface area contributed by atoms with Crippen molar-refractivity contribution in [1.29, 1.82) is 0 Å². The molecule has 0 aromatic carbocycles. The molecular formula is C10H23PY. The molecule has 0 N–H and O–H groups in total. The van der Waals surface area contributed by atoms with Crippen molar-refractivity contribution in [3.8, 4) is 0 Å². The van der Waals surface area contributed by atoms with Gasteiger partial charge in [0, 0.05) is 32.7 Å². The minimum absolute atomic E-state index is 0. The van der Waals surface area contributed by atoms with Crippen molar-refractivity contribution in [2.24, 2.45) is 0 Å². The van der Waals surface area contributed by atoms with Gasteiger partial charge < -0.3 is 0 Å². The van der Waals surface area contributed by atoms with E-state index in [-0.39, 0.29) is 32.7 Å². The van der Waals surface area contributed by atoms with Crippen LogP contribution in [0.3, 0.4) is 0 Å². The van der Waals surface area contributed by atoms with Crippen LogP contribution in [0.1, 0.15) is 58.8 Å². The molecule has 0 nitrogen and oxygen atoms in total. The van der Waals surface area contributed by atoms with Gasteiger partial charge in [0.15, 0.2) is 0 Å². The van der Waals surface area contributed by atoms with Gasteiger partial charge in [0.05, 0.1) is 0 Å². The van der Waals surface area contributed by atoms with Crippen LogP contribution in [0.25, 0.3) is 0 Å². The average Bonchev–Trinajstić information content (AvgIpc) is 1.96. The molecule has 0 saturated heterocycles. The maximum absolute atomic E-state index is 2.87. The first-order valence-electron chi connectivity index (χ1n) is 5.03. The topological polar surface area (TPSA) is 0 Å². The van der Waals surface area contributed by atoms with E-state index >= 15 is 0 Å². The first kappa shape index (κ1) is 16.0. The summed E-state index contributed by atoms with van der Waals surface area (Å²) in [5.41, 5.74) is 0.821. The van der Waals surface area contributed by atoms with Crippen LogP contribution in [0.2, 0.25) is 0 Å². The molecule has 0 spiro atoms. The van der Waals surface area contributed by atoms with Crippen molar-refractivity contribution in [3.63, 3.8) is 0 Å². The van der Waals surface area contributed by atoms with Gasteiger partial charge in [-0.2, -0.15) is 0 Å². The molecule has 2 unspecified atom stereocenters. The Balaban J connectivity index is 0. The Morgan fingerprint density at radius 3 is 2.00 bits per heavy atom. The molecule has 0 aliphatic heterocycles. The summed E-state index contributed by atoms with van der Waals surface area (Å²) in [7, 11) is 2.87. The molecule has 0 heterocycles. The van der Waals surface area contributed by atoms with Crippen LogP contribution in [0.4, 0.5) is 0 Å². The average molecular weight is 263 g/mol. The predicted molar refractivity (Wildman–Crippen MR) is 57.2 cm³/mol. The van der Waals surface area contributed by atoms with Gasteiger partial charge in [0.2, 0.25) is 0 Å². The molecule has 2 atom stereocenters. The van der Waals surface area contributed by atoms with Crippen molar-refractivity contribution in [2.75, 3.05) is 0 Å². The van der Waals surface area contributed by atoms with E-state index in [2.05, 4.69) is 23.1 Å². The zero-order valence-corrected chi connectivity index (χ0v) is 12.7.